The zero-order valence-corrected chi connectivity index (χ0v) is 38.0. The quantitative estimate of drug-likeness (QED) is 0.0123. The SMILES string of the molecule is C#CC#CC#CC#CC#CC#CC#CNC(=O)CCC.CCCCCCCCCCCCCCCC(=O)O[C@H](COCO)COP(=O)(O)OC1C(O)[C@H](O)[C@H](O)C(OP(=O)(O)O)[C@@H]1O.[HH].[HH].[HH].[HH].[HH].[HH].[HH].[HH].[HH].[HH].[HH].[HH].[HH]. The van der Waals surface area contributed by atoms with Gasteiger partial charge in [0.1, 0.15) is 49.5 Å². The molecule has 380 valence electrons. The molecular weight excluding hydrogens is 876 g/mol. The number of amides is 1. The molecule has 20 heteroatoms. The summed E-state index contributed by atoms with van der Waals surface area (Å²) < 4.78 is 47.5. The molecule has 1 saturated carbocycles. The molecule has 0 heterocycles. The largest absolute Gasteiger partial charge is 0.472 e. The fourth-order valence-electron chi connectivity index (χ4n) is 5.52. The maximum absolute atomic E-state index is 12.5. The molecule has 0 bridgehead atoms. The van der Waals surface area contributed by atoms with Gasteiger partial charge in [0, 0.05) is 73.0 Å². The van der Waals surface area contributed by atoms with E-state index in [1.165, 1.54) is 51.4 Å². The third kappa shape index (κ3) is 31.6. The summed E-state index contributed by atoms with van der Waals surface area (Å²) in [5.74, 6) is 28.2. The average molecular weight is 964 g/mol. The van der Waals surface area contributed by atoms with Crippen LogP contribution in [0.3, 0.4) is 0 Å². The lowest BCUT2D eigenvalue weighted by molar-refractivity contribution is -0.216. The van der Waals surface area contributed by atoms with Crippen LogP contribution < -0.4 is 5.32 Å². The second-order valence-corrected chi connectivity index (χ2v) is 16.5. The number of hydrogen-bond donors (Lipinski definition) is 9. The van der Waals surface area contributed by atoms with Crippen LogP contribution in [0.1, 0.15) is 135 Å². The standard InChI is InChI=1S/C26H52O16P2.C18H9NO.13H2/c1-2-3-4-5-6-7-8-9-10-11-12-13-14-15-20(28)40-19(16-38-18-27)17-39-44(36,37)42-26-23(31)21(29)22(30)25(24(26)32)41-43(33,34)35;1-3-5-6-7-8-9-10-11-12-13-14-15-17-19-18(20)16-4-2;;;;;;;;;;;;;/h19,21-27,29-32H,2-18H2,1H3,(H,36,37)(H2,33,34,35);1H,4,16H2,2H3,(H,19,20);13*1H/t19-,21-,22+,23?,24+,25?,26?;;;;;;;;;;;;;;/m1............../s1. The van der Waals surface area contributed by atoms with Crippen molar-refractivity contribution < 1.29 is 101 Å². The molecule has 1 fully saturated rings. The van der Waals surface area contributed by atoms with Gasteiger partial charge in [0.15, 0.2) is 0 Å². The van der Waals surface area contributed by atoms with Crippen LogP contribution in [-0.2, 0) is 41.8 Å². The Labute approximate surface area is 396 Å². The van der Waals surface area contributed by atoms with Gasteiger partial charge in [0.05, 0.1) is 13.2 Å². The number of ether oxygens (including phenoxy) is 2. The van der Waals surface area contributed by atoms with Crippen molar-refractivity contribution in [3.63, 3.8) is 0 Å². The Bertz CT molecular complexity index is 1960. The van der Waals surface area contributed by atoms with Crippen LogP contribution in [0.5, 0.6) is 0 Å². The molecule has 0 spiro atoms. The molecule has 64 heavy (non-hydrogen) atoms. The normalized spacial score (nSPS) is 19.8. The molecule has 4 unspecified atom stereocenters. The maximum Gasteiger partial charge on any atom is 0.472 e. The van der Waals surface area contributed by atoms with Crippen LogP contribution in [0, 0.1) is 83.5 Å². The van der Waals surface area contributed by atoms with E-state index in [0.29, 0.717) is 12.8 Å². The summed E-state index contributed by atoms with van der Waals surface area (Å²) in [4.78, 5) is 51.4. The molecule has 0 aromatic heterocycles. The summed E-state index contributed by atoms with van der Waals surface area (Å²) in [6.45, 7) is 2.16. The zero-order chi connectivity index (χ0) is 48.1. The van der Waals surface area contributed by atoms with Crippen LogP contribution in [0.15, 0.2) is 0 Å². The van der Waals surface area contributed by atoms with Gasteiger partial charge in [0.2, 0.25) is 5.91 Å². The monoisotopic (exact) mass is 964 g/mol. The molecule has 9 N–H and O–H groups in total. The third-order valence-corrected chi connectivity index (χ3v) is 10.1. The first kappa shape index (κ1) is 59.8. The first-order valence-electron chi connectivity index (χ1n) is 20.8. The van der Waals surface area contributed by atoms with Crippen LogP contribution in [0.2, 0.25) is 0 Å². The van der Waals surface area contributed by atoms with Crippen molar-refractivity contribution in [3.8, 4) is 83.5 Å². The van der Waals surface area contributed by atoms with Gasteiger partial charge in [-0.25, -0.2) is 9.13 Å². The van der Waals surface area contributed by atoms with E-state index in [0.717, 1.165) is 32.1 Å². The smallest absolute Gasteiger partial charge is 0.457 e. The van der Waals surface area contributed by atoms with Crippen LogP contribution in [0.4, 0.5) is 0 Å². The number of terminal acetylenes is 1. The Balaban J connectivity index is -0.0000000875. The molecule has 1 rings (SSSR count). The number of aliphatic hydroxyl groups excluding tert-OH is 5. The van der Waals surface area contributed by atoms with Gasteiger partial charge in [-0.1, -0.05) is 90.9 Å². The highest BCUT2D eigenvalue weighted by Crippen LogP contribution is 2.49. The van der Waals surface area contributed by atoms with Gasteiger partial charge in [-0.3, -0.25) is 28.5 Å². The van der Waals surface area contributed by atoms with E-state index < -0.39 is 84.3 Å². The second-order valence-electron chi connectivity index (χ2n) is 13.9. The Morgan fingerprint density at radius 3 is 1.56 bits per heavy atom. The molecule has 0 radical (unpaired) electrons. The molecule has 1 amide bonds. The number of rotatable bonds is 27. The minimum Gasteiger partial charge on any atom is -0.457 e. The molecule has 1 aliphatic carbocycles. The molecule has 8 atom stereocenters. The summed E-state index contributed by atoms with van der Waals surface area (Å²) >= 11 is 0. The van der Waals surface area contributed by atoms with E-state index in [2.05, 4.69) is 93.9 Å². The van der Waals surface area contributed by atoms with Crippen molar-refractivity contribution in [2.24, 2.45) is 0 Å². The number of phosphoric acid groups is 2. The predicted molar refractivity (Wildman–Crippen MR) is 261 cm³/mol. The van der Waals surface area contributed by atoms with Crippen molar-refractivity contribution >= 4 is 27.5 Å². The highest BCUT2D eigenvalue weighted by atomic mass is 31.2. The molecule has 18 nitrogen and oxygen atoms in total. The lowest BCUT2D eigenvalue weighted by Crippen LogP contribution is -2.64. The lowest BCUT2D eigenvalue weighted by atomic mass is 9.85. The summed E-state index contributed by atoms with van der Waals surface area (Å²) in [7, 11) is -10.5. The third-order valence-electron chi connectivity index (χ3n) is 8.60. The van der Waals surface area contributed by atoms with Crippen molar-refractivity contribution in [1.82, 2.24) is 5.32 Å². The number of unbranched alkanes of at least 4 members (excludes halogenated alkanes) is 12. The van der Waals surface area contributed by atoms with E-state index in [1.807, 2.05) is 6.92 Å². The predicted octanol–water partition coefficient (Wildman–Crippen LogP) is 5.50. The van der Waals surface area contributed by atoms with Crippen LogP contribution in [0.25, 0.3) is 0 Å². The number of hydrogen-bond acceptors (Lipinski definition) is 14. The minimum absolute atomic E-state index is 0. The van der Waals surface area contributed by atoms with E-state index >= 15 is 0 Å². The number of phosphoric ester groups is 2. The summed E-state index contributed by atoms with van der Waals surface area (Å²) in [5.41, 5.74) is 0. The molecule has 1 aliphatic rings. The molecular formula is C44H87NO17P2. The van der Waals surface area contributed by atoms with E-state index in [4.69, 9.17) is 39.8 Å². The van der Waals surface area contributed by atoms with Crippen LogP contribution >= 0.6 is 15.6 Å². The van der Waals surface area contributed by atoms with E-state index in [9.17, 15) is 44.0 Å². The van der Waals surface area contributed by atoms with Crippen molar-refractivity contribution in [2.75, 3.05) is 20.0 Å². The molecule has 0 aliphatic heterocycles. The topological polar surface area (TPSA) is 288 Å². The van der Waals surface area contributed by atoms with E-state index in [-0.39, 0.29) is 30.9 Å². The van der Waals surface area contributed by atoms with Crippen molar-refractivity contribution in [1.29, 1.82) is 0 Å². The highest BCUT2D eigenvalue weighted by molar-refractivity contribution is 7.47. The minimum atomic E-state index is -5.32. The second kappa shape index (κ2) is 37.1. The van der Waals surface area contributed by atoms with Gasteiger partial charge in [0.25, 0.3) is 0 Å². The van der Waals surface area contributed by atoms with Gasteiger partial charge < -0.3 is 49.7 Å². The molecule has 0 aromatic carbocycles. The number of aliphatic hydroxyl groups is 5. The lowest BCUT2D eigenvalue weighted by Gasteiger charge is -2.43. The van der Waals surface area contributed by atoms with Crippen LogP contribution in [-0.4, -0.2) is 115 Å². The van der Waals surface area contributed by atoms with Crippen molar-refractivity contribution in [2.45, 2.75) is 159 Å². The van der Waals surface area contributed by atoms with Gasteiger partial charge >= 0.3 is 21.6 Å². The Kier molecular flexibility index (Phi) is 34.7. The number of carbonyl (C=O) groups is 2. The first-order chi connectivity index (χ1) is 30.5. The summed E-state index contributed by atoms with van der Waals surface area (Å²) in [5, 5.41) is 51.7. The fourth-order valence-corrected chi connectivity index (χ4v) is 7.06. The Morgan fingerprint density at radius 1 is 0.625 bits per heavy atom. The number of esters is 1. The number of nitrogens with one attached hydrogen (secondary N) is 1. The Hall–Kier alpha value is -4.16. The maximum atomic E-state index is 12.5. The first-order valence-corrected chi connectivity index (χ1v) is 23.8. The average Bonchev–Trinajstić information content (AvgIpc) is 3.24. The van der Waals surface area contributed by atoms with Gasteiger partial charge in [-0.2, -0.15) is 0 Å². The fraction of sp³-hybridized carbons (Fsp3) is 0.636. The molecule has 0 aromatic rings. The number of carbonyl (C=O) groups excluding carboxylic acids is 2. The van der Waals surface area contributed by atoms with E-state index in [1.54, 1.807) is 0 Å². The Morgan fingerprint density at radius 2 is 1.09 bits per heavy atom. The van der Waals surface area contributed by atoms with Gasteiger partial charge in [-0.05, 0) is 48.4 Å². The van der Waals surface area contributed by atoms with Gasteiger partial charge in [-0.15, -0.1) is 6.42 Å². The highest BCUT2D eigenvalue weighted by Gasteiger charge is 2.54. The molecule has 0 saturated heterocycles. The summed E-state index contributed by atoms with van der Waals surface area (Å²) in [6.07, 6.45) is 6.37. The van der Waals surface area contributed by atoms with Crippen molar-refractivity contribution in [3.05, 3.63) is 0 Å². The zero-order valence-electron chi connectivity index (χ0n) is 36.2. The summed E-state index contributed by atoms with van der Waals surface area (Å²) in [6, 6.07) is 2.42.